The number of rotatable bonds is 11. The molecule has 2 aromatic rings. The molecular weight excluding hydrogens is 638 g/mol. The van der Waals surface area contributed by atoms with Gasteiger partial charge in [0.25, 0.3) is 5.56 Å². The monoisotopic (exact) mass is 666 g/mol. The predicted molar refractivity (Wildman–Crippen MR) is 140 cm³/mol. The minimum Gasteiger partial charge on any atom is -0.387 e. The van der Waals surface area contributed by atoms with Crippen molar-refractivity contribution >= 4 is 32.7 Å². The van der Waals surface area contributed by atoms with E-state index in [0.717, 1.165) is 17.2 Å². The first-order valence-corrected chi connectivity index (χ1v) is 15.7. The van der Waals surface area contributed by atoms with Crippen molar-refractivity contribution in [2.24, 2.45) is 5.73 Å². The summed E-state index contributed by atoms with van der Waals surface area (Å²) in [6.07, 6.45) is -5.30. The van der Waals surface area contributed by atoms with E-state index in [1.807, 2.05) is 0 Å². The maximum atomic E-state index is 12.4. The number of aromatic nitrogens is 4. The molecule has 242 valence electrons. The summed E-state index contributed by atoms with van der Waals surface area (Å²) < 4.78 is 50.6. The fourth-order valence-corrected chi connectivity index (χ4v) is 6.76. The van der Waals surface area contributed by atoms with Gasteiger partial charge in [-0.2, -0.15) is 4.31 Å². The van der Waals surface area contributed by atoms with Gasteiger partial charge in [0.05, 0.1) is 25.9 Å². The van der Waals surface area contributed by atoms with Gasteiger partial charge in [-0.25, -0.2) is 19.1 Å². The molecule has 0 bridgehead atoms. The van der Waals surface area contributed by atoms with Crippen LogP contribution in [0.25, 0.3) is 11.2 Å². The number of allylic oxidation sites excluding steroid dienone is 1. The molecule has 3 aliphatic heterocycles. The zero-order chi connectivity index (χ0) is 32.0. The van der Waals surface area contributed by atoms with Crippen LogP contribution < -0.4 is 11.3 Å². The second-order valence-corrected chi connectivity index (χ2v) is 12.9. The molecule has 9 N–H and O–H groups in total. The van der Waals surface area contributed by atoms with Crippen LogP contribution in [-0.2, 0) is 36.8 Å². The van der Waals surface area contributed by atoms with E-state index in [1.54, 1.807) is 6.08 Å². The van der Waals surface area contributed by atoms with Crippen molar-refractivity contribution in [2.75, 3.05) is 13.2 Å². The first-order valence-electron chi connectivity index (χ1n) is 12.7. The van der Waals surface area contributed by atoms with Crippen LogP contribution in [0.3, 0.4) is 0 Å². The van der Waals surface area contributed by atoms with Crippen molar-refractivity contribution in [1.82, 2.24) is 24.4 Å². The summed E-state index contributed by atoms with van der Waals surface area (Å²) in [5, 5.41) is 41.6. The van der Waals surface area contributed by atoms with Gasteiger partial charge in [0, 0.05) is 18.0 Å². The molecule has 2 saturated heterocycles. The number of carbonyl (C=O) groups excluding carboxylic acids is 1. The van der Waals surface area contributed by atoms with Gasteiger partial charge in [-0.05, 0) is 6.42 Å². The number of amides is 1. The van der Waals surface area contributed by atoms with Gasteiger partial charge >= 0.3 is 15.6 Å². The number of phosphoric ester groups is 2. The molecule has 21 nitrogen and oxygen atoms in total. The molecule has 0 spiro atoms. The molecule has 23 heteroatoms. The standard InChI is InChI=1S/C21H28N6O15P2/c22-17(32)9-2-1-3-26(4-9)20-15(30)13(28)10(40-20)5-38-43(34,35)42-44(36,37)39-6-11-14(29)16(31)21(41-11)27-8-25-12-18(27)23-7-24-19(12)33/h1,3-4,7-8,10-11,13-16,20-21,28-31H,2,5-6H2,(H2,22,32)(H,34,35)(H,36,37)(H,23,24,33)/t10-,11+,13-,14-,15-,16-,20-,21+/m1/s1. The lowest BCUT2D eigenvalue weighted by Gasteiger charge is -2.28. The highest BCUT2D eigenvalue weighted by molar-refractivity contribution is 7.61. The second-order valence-electron chi connectivity index (χ2n) is 9.81. The minimum atomic E-state index is -5.39. The third kappa shape index (κ3) is 6.70. The van der Waals surface area contributed by atoms with Gasteiger partial charge in [-0.1, -0.05) is 6.08 Å². The fourth-order valence-electron chi connectivity index (χ4n) is 4.67. The largest absolute Gasteiger partial charge is 0.481 e. The number of aliphatic hydroxyl groups excluding tert-OH is 4. The Morgan fingerprint density at radius 3 is 2.20 bits per heavy atom. The average Bonchev–Trinajstić information content (AvgIpc) is 3.61. The molecule has 2 fully saturated rings. The van der Waals surface area contributed by atoms with Crippen molar-refractivity contribution in [1.29, 1.82) is 0 Å². The molecular formula is C21H28N6O15P2. The zero-order valence-electron chi connectivity index (χ0n) is 22.2. The quantitative estimate of drug-likeness (QED) is 0.111. The van der Waals surface area contributed by atoms with Crippen molar-refractivity contribution in [2.45, 2.75) is 55.5 Å². The maximum absolute atomic E-state index is 12.4. The van der Waals surface area contributed by atoms with E-state index < -0.39 is 89.4 Å². The number of aliphatic hydroxyl groups is 4. The number of carbonyl (C=O) groups is 1. The summed E-state index contributed by atoms with van der Waals surface area (Å²) in [5.41, 5.74) is 4.81. The number of imidazole rings is 1. The van der Waals surface area contributed by atoms with Crippen molar-refractivity contribution in [3.05, 3.63) is 47.1 Å². The molecule has 44 heavy (non-hydrogen) atoms. The number of nitrogens with two attached hydrogens (primary N) is 1. The number of fused-ring (bicyclic) bond motifs is 1. The summed E-state index contributed by atoms with van der Waals surface area (Å²) in [6, 6.07) is 0. The number of H-pyrrole nitrogens is 1. The number of aromatic amines is 1. The Balaban J connectivity index is 1.15. The van der Waals surface area contributed by atoms with E-state index in [9.17, 15) is 48.9 Å². The minimum absolute atomic E-state index is 0.00979. The van der Waals surface area contributed by atoms with Crippen molar-refractivity contribution in [3.8, 4) is 0 Å². The van der Waals surface area contributed by atoms with Gasteiger partial charge in [0.1, 0.15) is 36.6 Å². The van der Waals surface area contributed by atoms with E-state index in [-0.39, 0.29) is 23.2 Å². The number of phosphoric acid groups is 2. The average molecular weight is 666 g/mol. The number of hydrogen-bond acceptors (Lipinski definition) is 16. The highest BCUT2D eigenvalue weighted by Crippen LogP contribution is 2.60. The number of hydrogen-bond donors (Lipinski definition) is 8. The summed E-state index contributed by atoms with van der Waals surface area (Å²) in [6.45, 7) is -1.83. The predicted octanol–water partition coefficient (Wildman–Crippen LogP) is -2.98. The van der Waals surface area contributed by atoms with Crippen LogP contribution in [-0.4, -0.2) is 117 Å². The molecule has 5 heterocycles. The lowest BCUT2D eigenvalue weighted by atomic mass is 10.1. The molecule has 0 radical (unpaired) electrons. The smallest absolute Gasteiger partial charge is 0.387 e. The van der Waals surface area contributed by atoms with Crippen LogP contribution >= 0.6 is 15.6 Å². The van der Waals surface area contributed by atoms with E-state index >= 15 is 0 Å². The lowest BCUT2D eigenvalue weighted by Crippen LogP contribution is -2.40. The number of nitrogens with one attached hydrogen (secondary N) is 1. The Morgan fingerprint density at radius 1 is 1.00 bits per heavy atom. The van der Waals surface area contributed by atoms with E-state index in [2.05, 4.69) is 28.3 Å². The van der Waals surface area contributed by atoms with Gasteiger partial charge in [0.2, 0.25) is 5.91 Å². The van der Waals surface area contributed by atoms with Crippen molar-refractivity contribution in [3.63, 3.8) is 0 Å². The Kier molecular flexibility index (Phi) is 9.23. The van der Waals surface area contributed by atoms with Crippen LogP contribution in [0.1, 0.15) is 12.6 Å². The lowest BCUT2D eigenvalue weighted by molar-refractivity contribution is -0.115. The first-order chi connectivity index (χ1) is 20.7. The van der Waals surface area contributed by atoms with Crippen molar-refractivity contribution < 1.29 is 67.0 Å². The van der Waals surface area contributed by atoms with Gasteiger partial charge in [0.15, 0.2) is 23.6 Å². The van der Waals surface area contributed by atoms with E-state index in [4.69, 9.17) is 15.2 Å². The fraction of sp³-hybridized carbons (Fsp3) is 0.524. The Hall–Kier alpha value is -2.88. The Labute approximate surface area is 245 Å². The van der Waals surface area contributed by atoms with Gasteiger partial charge in [-0.3, -0.25) is 23.2 Å². The van der Waals surface area contributed by atoms with Crippen LogP contribution in [0.5, 0.6) is 0 Å². The zero-order valence-corrected chi connectivity index (χ0v) is 24.0. The summed E-state index contributed by atoms with van der Waals surface area (Å²) in [5.74, 6) is -0.715. The molecule has 3 aliphatic rings. The molecule has 0 saturated carbocycles. The highest BCUT2D eigenvalue weighted by atomic mass is 31.3. The molecule has 2 aromatic heterocycles. The second kappa shape index (κ2) is 12.5. The summed E-state index contributed by atoms with van der Waals surface area (Å²) in [7, 11) is -10.8. The first kappa shape index (κ1) is 32.5. The van der Waals surface area contributed by atoms with E-state index in [1.165, 1.54) is 17.3 Å². The Bertz CT molecular complexity index is 1610. The summed E-state index contributed by atoms with van der Waals surface area (Å²) >= 11 is 0. The number of primary amides is 1. The van der Waals surface area contributed by atoms with Crippen LogP contribution in [0.2, 0.25) is 0 Å². The summed E-state index contributed by atoms with van der Waals surface area (Å²) in [4.78, 5) is 54.8. The van der Waals surface area contributed by atoms with Gasteiger partial charge < -0.3 is 55.3 Å². The SMILES string of the molecule is NC(=O)C1=CN([C@@H]2O[C@H](COP(=O)(O)OP(=O)(O)OC[C@@H]3O[C@H](n4cnc5c(=O)[nH]cnc54)[C@H](O)[C@@H]3O)[C@@H](O)[C@H]2O)C=CC1. The highest BCUT2D eigenvalue weighted by Gasteiger charge is 2.48. The molecule has 0 aromatic carbocycles. The topological polar surface area (TPSA) is 312 Å². The molecule has 10 atom stereocenters. The van der Waals surface area contributed by atoms with Crippen LogP contribution in [0.15, 0.2) is 41.5 Å². The van der Waals surface area contributed by atoms with Crippen LogP contribution in [0.4, 0.5) is 0 Å². The van der Waals surface area contributed by atoms with Gasteiger partial charge in [-0.15, -0.1) is 0 Å². The number of nitrogens with zero attached hydrogens (tertiary/aromatic N) is 4. The third-order valence-corrected chi connectivity index (χ3v) is 9.46. The third-order valence-electron chi connectivity index (χ3n) is 6.85. The molecule has 1 amide bonds. The van der Waals surface area contributed by atoms with E-state index in [0.29, 0.717) is 0 Å². The Morgan fingerprint density at radius 2 is 1.59 bits per heavy atom. The molecule has 0 aliphatic carbocycles. The molecule has 5 rings (SSSR count). The maximum Gasteiger partial charge on any atom is 0.481 e. The van der Waals surface area contributed by atoms with Crippen LogP contribution in [0, 0.1) is 0 Å². The number of ether oxygens (including phenoxy) is 2. The normalized spacial score (nSPS) is 33.3. The molecule has 2 unspecified atom stereocenters.